The number of halogens is 4. The molecule has 0 radical (unpaired) electrons. The van der Waals surface area contributed by atoms with Crippen LogP contribution in [0.3, 0.4) is 0 Å². The van der Waals surface area contributed by atoms with Crippen molar-refractivity contribution in [3.05, 3.63) is 43.5 Å². The Bertz CT molecular complexity index is 526. The van der Waals surface area contributed by atoms with Crippen LogP contribution in [0.5, 0.6) is 0 Å². The zero-order valence-electron chi connectivity index (χ0n) is 7.72. The maximum atomic E-state index is 6.09. The van der Waals surface area contributed by atoms with Crippen molar-refractivity contribution in [3.63, 3.8) is 0 Å². The fourth-order valence-corrected chi connectivity index (χ4v) is 2.65. The van der Waals surface area contributed by atoms with E-state index in [4.69, 9.17) is 23.2 Å². The molecule has 6 heteroatoms. The second-order valence-electron chi connectivity index (χ2n) is 2.94. The maximum Gasteiger partial charge on any atom is 0.163 e. The average Bonchev–Trinajstić information content (AvgIpc) is 2.20. The van der Waals surface area contributed by atoms with E-state index < -0.39 is 0 Å². The summed E-state index contributed by atoms with van der Waals surface area (Å²) in [5, 5.41) is 0.938. The van der Waals surface area contributed by atoms with Crippen LogP contribution in [0, 0.1) is 0 Å². The summed E-state index contributed by atoms with van der Waals surface area (Å²) in [6.07, 6.45) is 0. The maximum absolute atomic E-state index is 6.09. The van der Waals surface area contributed by atoms with Crippen LogP contribution < -0.4 is 0 Å². The summed E-state index contributed by atoms with van der Waals surface area (Å²) >= 11 is 18.6. The molecule has 0 amide bonds. The molecule has 82 valence electrons. The van der Waals surface area contributed by atoms with Gasteiger partial charge >= 0.3 is 0 Å². The summed E-state index contributed by atoms with van der Waals surface area (Å²) in [5.74, 6) is 0.522. The molecule has 0 N–H and O–H groups in total. The smallest absolute Gasteiger partial charge is 0.163 e. The molecule has 1 aromatic carbocycles. The van der Waals surface area contributed by atoms with Gasteiger partial charge in [-0.1, -0.05) is 29.3 Å². The van der Waals surface area contributed by atoms with Crippen LogP contribution in [-0.2, 0) is 0 Å². The van der Waals surface area contributed by atoms with Gasteiger partial charge in [-0.15, -0.1) is 0 Å². The third kappa shape index (κ3) is 2.56. The summed E-state index contributed by atoms with van der Waals surface area (Å²) in [7, 11) is 0. The van der Waals surface area contributed by atoms with Crippen molar-refractivity contribution >= 4 is 55.1 Å². The lowest BCUT2D eigenvalue weighted by molar-refractivity contribution is 1.12. The van der Waals surface area contributed by atoms with Gasteiger partial charge in [-0.05, 0) is 44.0 Å². The van der Waals surface area contributed by atoms with Gasteiger partial charge in [0.15, 0.2) is 5.82 Å². The number of aromatic nitrogens is 2. The Morgan fingerprint density at radius 2 is 1.62 bits per heavy atom. The molecular formula is C10H4Br2Cl2N2. The third-order valence-corrected chi connectivity index (χ3v) is 3.49. The zero-order chi connectivity index (χ0) is 11.7. The number of benzene rings is 1. The average molecular weight is 383 g/mol. The van der Waals surface area contributed by atoms with Crippen molar-refractivity contribution in [2.24, 2.45) is 0 Å². The van der Waals surface area contributed by atoms with Gasteiger partial charge in [-0.3, -0.25) is 0 Å². The summed E-state index contributed by atoms with van der Waals surface area (Å²) in [4.78, 5) is 8.48. The summed E-state index contributed by atoms with van der Waals surface area (Å²) < 4.78 is 1.36. The van der Waals surface area contributed by atoms with E-state index in [1.54, 1.807) is 12.1 Å². The van der Waals surface area contributed by atoms with Gasteiger partial charge in [0.1, 0.15) is 9.21 Å². The van der Waals surface area contributed by atoms with Crippen LogP contribution in [0.1, 0.15) is 0 Å². The van der Waals surface area contributed by atoms with Gasteiger partial charge in [0, 0.05) is 11.6 Å². The second kappa shape index (κ2) is 5.00. The Morgan fingerprint density at radius 1 is 1.00 bits per heavy atom. The van der Waals surface area contributed by atoms with E-state index in [0.717, 1.165) is 0 Å². The van der Waals surface area contributed by atoms with Crippen molar-refractivity contribution in [3.8, 4) is 11.4 Å². The number of rotatable bonds is 1. The molecule has 0 atom stereocenters. The molecule has 0 aliphatic carbocycles. The SMILES string of the molecule is Clc1cccc(-c2nc(Br)cc(Br)n2)c1Cl. The van der Waals surface area contributed by atoms with Crippen LogP contribution in [0.2, 0.25) is 10.0 Å². The molecule has 0 aliphatic heterocycles. The normalized spacial score (nSPS) is 10.5. The predicted molar refractivity (Wildman–Crippen MR) is 72.9 cm³/mol. The van der Waals surface area contributed by atoms with E-state index in [1.165, 1.54) is 0 Å². The fraction of sp³-hybridized carbons (Fsp3) is 0. The minimum Gasteiger partial charge on any atom is -0.221 e. The topological polar surface area (TPSA) is 25.8 Å². The van der Waals surface area contributed by atoms with Gasteiger partial charge in [0.2, 0.25) is 0 Å². The Labute approximate surface area is 119 Å². The number of hydrogen-bond donors (Lipinski definition) is 0. The van der Waals surface area contributed by atoms with Crippen molar-refractivity contribution in [2.45, 2.75) is 0 Å². The van der Waals surface area contributed by atoms with E-state index >= 15 is 0 Å². The molecule has 0 aliphatic rings. The Balaban J connectivity index is 2.63. The Morgan fingerprint density at radius 3 is 2.25 bits per heavy atom. The van der Waals surface area contributed by atoms with Crippen LogP contribution in [0.4, 0.5) is 0 Å². The van der Waals surface area contributed by atoms with E-state index in [1.807, 2.05) is 12.1 Å². The largest absolute Gasteiger partial charge is 0.221 e. The van der Waals surface area contributed by atoms with Crippen LogP contribution in [0.25, 0.3) is 11.4 Å². The van der Waals surface area contributed by atoms with E-state index in [2.05, 4.69) is 41.8 Å². The molecule has 2 aromatic rings. The monoisotopic (exact) mass is 380 g/mol. The first kappa shape index (κ1) is 12.3. The molecule has 0 saturated carbocycles. The summed E-state index contributed by atoms with van der Waals surface area (Å²) in [6, 6.07) is 7.10. The number of nitrogens with zero attached hydrogens (tertiary/aromatic N) is 2. The quantitative estimate of drug-likeness (QED) is 0.650. The highest BCUT2D eigenvalue weighted by atomic mass is 79.9. The predicted octanol–water partition coefficient (Wildman–Crippen LogP) is 4.98. The van der Waals surface area contributed by atoms with Crippen molar-refractivity contribution < 1.29 is 0 Å². The summed E-state index contributed by atoms with van der Waals surface area (Å²) in [5.41, 5.74) is 0.705. The highest BCUT2D eigenvalue weighted by Crippen LogP contribution is 2.32. The van der Waals surface area contributed by atoms with E-state index in [9.17, 15) is 0 Å². The first-order valence-electron chi connectivity index (χ1n) is 4.22. The highest BCUT2D eigenvalue weighted by Gasteiger charge is 2.10. The van der Waals surface area contributed by atoms with Crippen molar-refractivity contribution in [1.82, 2.24) is 9.97 Å². The van der Waals surface area contributed by atoms with Gasteiger partial charge in [0.05, 0.1) is 10.0 Å². The minimum atomic E-state index is 0.453. The first-order valence-corrected chi connectivity index (χ1v) is 6.56. The standard InChI is InChI=1S/C10H4Br2Cl2N2/c11-7-4-8(12)16-10(15-7)5-2-1-3-6(13)9(5)14/h1-4H. The van der Waals surface area contributed by atoms with E-state index in [0.29, 0.717) is 30.6 Å². The molecule has 1 heterocycles. The molecule has 2 nitrogen and oxygen atoms in total. The van der Waals surface area contributed by atoms with E-state index in [-0.39, 0.29) is 0 Å². The molecule has 0 fully saturated rings. The van der Waals surface area contributed by atoms with Gasteiger partial charge in [-0.25, -0.2) is 9.97 Å². The van der Waals surface area contributed by atoms with Gasteiger partial charge in [0.25, 0.3) is 0 Å². The summed E-state index contributed by atoms with van der Waals surface area (Å²) in [6.45, 7) is 0. The molecule has 16 heavy (non-hydrogen) atoms. The molecule has 1 aromatic heterocycles. The molecule has 0 saturated heterocycles. The van der Waals surface area contributed by atoms with Gasteiger partial charge < -0.3 is 0 Å². The highest BCUT2D eigenvalue weighted by molar-refractivity contribution is 9.11. The second-order valence-corrected chi connectivity index (χ2v) is 5.35. The number of hydrogen-bond acceptors (Lipinski definition) is 2. The molecule has 0 spiro atoms. The third-order valence-electron chi connectivity index (χ3n) is 1.86. The molecule has 0 bridgehead atoms. The van der Waals surface area contributed by atoms with Crippen molar-refractivity contribution in [1.29, 1.82) is 0 Å². The Hall–Kier alpha value is -0.160. The lowest BCUT2D eigenvalue weighted by Crippen LogP contribution is -1.91. The molecule has 0 unspecified atom stereocenters. The lowest BCUT2D eigenvalue weighted by Gasteiger charge is -2.05. The fourth-order valence-electron chi connectivity index (χ4n) is 1.19. The minimum absolute atomic E-state index is 0.453. The van der Waals surface area contributed by atoms with Gasteiger partial charge in [-0.2, -0.15) is 0 Å². The van der Waals surface area contributed by atoms with Crippen molar-refractivity contribution in [2.75, 3.05) is 0 Å². The van der Waals surface area contributed by atoms with Crippen LogP contribution in [-0.4, -0.2) is 9.97 Å². The Kier molecular flexibility index (Phi) is 3.85. The molecular weight excluding hydrogens is 379 g/mol. The lowest BCUT2D eigenvalue weighted by atomic mass is 10.2. The van der Waals surface area contributed by atoms with Crippen LogP contribution in [0.15, 0.2) is 33.5 Å². The zero-order valence-corrected chi connectivity index (χ0v) is 12.4. The van der Waals surface area contributed by atoms with Crippen LogP contribution >= 0.6 is 55.1 Å². The first-order chi connectivity index (χ1) is 7.58. The molecule has 2 rings (SSSR count).